The Morgan fingerprint density at radius 2 is 1.66 bits per heavy atom. The van der Waals surface area contributed by atoms with E-state index in [1.807, 2.05) is 0 Å². The third kappa shape index (κ3) is 4.75. The van der Waals surface area contributed by atoms with Crippen molar-refractivity contribution in [1.82, 2.24) is 4.98 Å². The van der Waals surface area contributed by atoms with Crippen LogP contribution in [-0.2, 0) is 10.0 Å². The molecule has 1 amide bonds. The van der Waals surface area contributed by atoms with E-state index in [1.54, 1.807) is 18.2 Å². The number of rotatable bonds is 5. The van der Waals surface area contributed by atoms with Crippen LogP contribution in [0.3, 0.4) is 0 Å². The molecule has 0 aliphatic carbocycles. The second-order valence-electron chi connectivity index (χ2n) is 7.17. The van der Waals surface area contributed by atoms with Crippen LogP contribution >= 0.6 is 0 Å². The summed E-state index contributed by atoms with van der Waals surface area (Å²) in [5.41, 5.74) is 1.17. The lowest BCUT2D eigenvalue weighted by Crippen LogP contribution is -2.12. The lowest BCUT2D eigenvalue weighted by atomic mass is 10.0. The molecule has 4 rings (SSSR count). The van der Waals surface area contributed by atoms with Crippen LogP contribution < -0.4 is 10.0 Å². The Bertz CT molecular complexity index is 1470. The van der Waals surface area contributed by atoms with Crippen molar-refractivity contribution in [2.45, 2.75) is 0 Å². The third-order valence-corrected chi connectivity index (χ3v) is 5.17. The first-order valence-corrected chi connectivity index (χ1v) is 11.1. The fourth-order valence-corrected chi connectivity index (χ4v) is 3.82. The van der Waals surface area contributed by atoms with Crippen LogP contribution in [-0.4, -0.2) is 25.6 Å². The van der Waals surface area contributed by atoms with Crippen LogP contribution in [0.1, 0.15) is 10.5 Å². The molecule has 32 heavy (non-hydrogen) atoms. The molecule has 0 saturated heterocycles. The van der Waals surface area contributed by atoms with Crippen LogP contribution in [0.25, 0.3) is 22.0 Å². The van der Waals surface area contributed by atoms with Crippen molar-refractivity contribution in [3.8, 4) is 11.1 Å². The summed E-state index contributed by atoms with van der Waals surface area (Å²) in [5, 5.41) is 3.19. The molecule has 0 saturated carbocycles. The van der Waals surface area contributed by atoms with Crippen LogP contribution in [0, 0.1) is 17.5 Å². The SMILES string of the molecule is CS(=O)(=O)Nc1ccc2cc(C(=O)Nc3cc(F)cc(-c4ccc(F)cc4F)c3)[nH]c2c1. The lowest BCUT2D eigenvalue weighted by Gasteiger charge is -2.09. The number of carbonyl (C=O) groups excluding carboxylic acids is 1. The summed E-state index contributed by atoms with van der Waals surface area (Å²) in [6.45, 7) is 0. The number of amides is 1. The van der Waals surface area contributed by atoms with Gasteiger partial charge in [-0.25, -0.2) is 21.6 Å². The van der Waals surface area contributed by atoms with E-state index in [1.165, 1.54) is 18.2 Å². The average Bonchev–Trinajstić information content (AvgIpc) is 3.09. The van der Waals surface area contributed by atoms with E-state index in [0.29, 0.717) is 22.7 Å². The molecule has 3 N–H and O–H groups in total. The molecule has 0 fully saturated rings. The van der Waals surface area contributed by atoms with Gasteiger partial charge in [0.1, 0.15) is 23.1 Å². The molecule has 164 valence electrons. The maximum absolute atomic E-state index is 14.1. The third-order valence-electron chi connectivity index (χ3n) is 4.57. The number of H-pyrrole nitrogens is 1. The summed E-state index contributed by atoms with van der Waals surface area (Å²) in [5.74, 6) is -2.92. The van der Waals surface area contributed by atoms with Gasteiger partial charge < -0.3 is 10.3 Å². The molecule has 0 spiro atoms. The normalized spacial score (nSPS) is 11.5. The van der Waals surface area contributed by atoms with E-state index in [2.05, 4.69) is 15.0 Å². The second-order valence-corrected chi connectivity index (χ2v) is 8.91. The summed E-state index contributed by atoms with van der Waals surface area (Å²) in [6.07, 6.45) is 1.02. The van der Waals surface area contributed by atoms with Crippen LogP contribution in [0.2, 0.25) is 0 Å². The number of benzene rings is 3. The summed E-state index contributed by atoms with van der Waals surface area (Å²) in [6, 6.07) is 12.7. The largest absolute Gasteiger partial charge is 0.350 e. The van der Waals surface area contributed by atoms with Gasteiger partial charge in [-0.15, -0.1) is 0 Å². The van der Waals surface area contributed by atoms with Crippen LogP contribution in [0.5, 0.6) is 0 Å². The summed E-state index contributed by atoms with van der Waals surface area (Å²) in [7, 11) is -3.46. The predicted molar refractivity (Wildman–Crippen MR) is 116 cm³/mol. The molecule has 4 aromatic rings. The predicted octanol–water partition coefficient (Wildman–Crippen LogP) is 4.88. The fraction of sp³-hybridized carbons (Fsp3) is 0.0455. The minimum Gasteiger partial charge on any atom is -0.350 e. The van der Waals surface area contributed by atoms with E-state index in [9.17, 15) is 26.4 Å². The number of hydrogen-bond donors (Lipinski definition) is 3. The number of nitrogens with one attached hydrogen (secondary N) is 3. The van der Waals surface area contributed by atoms with Crippen molar-refractivity contribution in [3.05, 3.63) is 83.8 Å². The van der Waals surface area contributed by atoms with Crippen LogP contribution in [0.15, 0.2) is 60.7 Å². The summed E-state index contributed by atoms with van der Waals surface area (Å²) >= 11 is 0. The highest BCUT2D eigenvalue weighted by atomic mass is 32.2. The Kier molecular flexibility index (Phi) is 5.39. The van der Waals surface area contributed by atoms with Gasteiger partial charge in [-0.05, 0) is 54.1 Å². The van der Waals surface area contributed by atoms with Crippen molar-refractivity contribution in [1.29, 1.82) is 0 Å². The number of halogens is 3. The zero-order valence-electron chi connectivity index (χ0n) is 16.5. The summed E-state index contributed by atoms with van der Waals surface area (Å²) < 4.78 is 66.5. The van der Waals surface area contributed by atoms with Gasteiger partial charge >= 0.3 is 0 Å². The van der Waals surface area contributed by atoms with E-state index >= 15 is 0 Å². The molecule has 0 unspecified atom stereocenters. The highest BCUT2D eigenvalue weighted by Gasteiger charge is 2.14. The molecular formula is C22H16F3N3O3S. The quantitative estimate of drug-likeness (QED) is 0.397. The number of aromatic nitrogens is 1. The second kappa shape index (κ2) is 8.04. The summed E-state index contributed by atoms with van der Waals surface area (Å²) in [4.78, 5) is 15.5. The Balaban J connectivity index is 1.61. The first-order chi connectivity index (χ1) is 15.1. The van der Waals surface area contributed by atoms with Crippen molar-refractivity contribution < 1.29 is 26.4 Å². The molecule has 3 aromatic carbocycles. The first-order valence-electron chi connectivity index (χ1n) is 9.25. The lowest BCUT2D eigenvalue weighted by molar-refractivity contribution is 0.102. The molecule has 0 atom stereocenters. The van der Waals surface area contributed by atoms with Gasteiger partial charge in [-0.1, -0.05) is 6.07 Å². The number of anilines is 2. The van der Waals surface area contributed by atoms with Crippen molar-refractivity contribution in [3.63, 3.8) is 0 Å². The molecule has 0 bridgehead atoms. The molecule has 0 aliphatic heterocycles. The van der Waals surface area contributed by atoms with E-state index in [4.69, 9.17) is 0 Å². The zero-order valence-corrected chi connectivity index (χ0v) is 17.4. The smallest absolute Gasteiger partial charge is 0.272 e. The standard InChI is InChI=1S/C22H16F3N3O3S/c1-32(30,31)28-16-4-2-12-8-21(27-20(12)11-16)22(29)26-17-7-13(6-15(24)9-17)18-5-3-14(23)10-19(18)25/h2-11,27-28H,1H3,(H,26,29). The maximum Gasteiger partial charge on any atom is 0.272 e. The average molecular weight is 459 g/mol. The van der Waals surface area contributed by atoms with Gasteiger partial charge in [-0.2, -0.15) is 0 Å². The molecule has 0 aliphatic rings. The van der Waals surface area contributed by atoms with Crippen molar-refractivity contribution in [2.75, 3.05) is 16.3 Å². The van der Waals surface area contributed by atoms with E-state index in [-0.39, 0.29) is 22.5 Å². The molecule has 1 heterocycles. The van der Waals surface area contributed by atoms with Gasteiger partial charge in [0.25, 0.3) is 5.91 Å². The Labute approximate surface area is 181 Å². The van der Waals surface area contributed by atoms with Gasteiger partial charge in [0.15, 0.2) is 0 Å². The highest BCUT2D eigenvalue weighted by Crippen LogP contribution is 2.28. The molecule has 0 radical (unpaired) electrons. The zero-order chi connectivity index (χ0) is 23.0. The van der Waals surface area contributed by atoms with Gasteiger partial charge in [-0.3, -0.25) is 9.52 Å². The van der Waals surface area contributed by atoms with Crippen molar-refractivity contribution in [2.24, 2.45) is 0 Å². The molecule has 1 aromatic heterocycles. The Morgan fingerprint density at radius 3 is 2.38 bits per heavy atom. The minimum absolute atomic E-state index is 0.0158. The van der Waals surface area contributed by atoms with Gasteiger partial charge in [0.2, 0.25) is 10.0 Å². The first kappa shape index (κ1) is 21.4. The van der Waals surface area contributed by atoms with E-state index < -0.39 is 33.4 Å². The van der Waals surface area contributed by atoms with Crippen LogP contribution in [0.4, 0.5) is 24.5 Å². The van der Waals surface area contributed by atoms with Gasteiger partial charge in [0, 0.05) is 28.2 Å². The highest BCUT2D eigenvalue weighted by molar-refractivity contribution is 7.92. The monoisotopic (exact) mass is 459 g/mol. The number of hydrogen-bond acceptors (Lipinski definition) is 3. The van der Waals surface area contributed by atoms with Gasteiger partial charge in [0.05, 0.1) is 11.9 Å². The minimum atomic E-state index is -3.46. The number of aromatic amines is 1. The molecular weight excluding hydrogens is 443 g/mol. The Morgan fingerprint density at radius 1 is 0.875 bits per heavy atom. The maximum atomic E-state index is 14.1. The molecule has 10 heteroatoms. The fourth-order valence-electron chi connectivity index (χ4n) is 3.27. The Hall–Kier alpha value is -3.79. The van der Waals surface area contributed by atoms with Crippen molar-refractivity contribution >= 4 is 38.2 Å². The topological polar surface area (TPSA) is 91.1 Å². The molecule has 6 nitrogen and oxygen atoms in total. The van der Waals surface area contributed by atoms with E-state index in [0.717, 1.165) is 24.5 Å². The number of fused-ring (bicyclic) bond motifs is 1. The number of carbonyl (C=O) groups is 1. The number of sulfonamides is 1.